The van der Waals surface area contributed by atoms with Crippen molar-refractivity contribution in [3.8, 4) is 0 Å². The molecule has 0 saturated heterocycles. The topological polar surface area (TPSA) is 38.3 Å². The van der Waals surface area contributed by atoms with Gasteiger partial charge in [-0.15, -0.1) is 0 Å². The molecular weight excluding hydrogens is 174 g/mol. The first-order valence-corrected chi connectivity index (χ1v) is 4.63. The van der Waals surface area contributed by atoms with Crippen LogP contribution in [-0.2, 0) is 9.53 Å². The number of carbonyl (C=O) groups excluding carboxylic acids is 1. The second-order valence-corrected chi connectivity index (χ2v) is 3.66. The zero-order chi connectivity index (χ0) is 9.56. The van der Waals surface area contributed by atoms with E-state index >= 15 is 0 Å². The number of hydrogen-bond acceptors (Lipinski definition) is 3. The van der Waals surface area contributed by atoms with Gasteiger partial charge in [-0.3, -0.25) is 4.79 Å². The molecule has 72 valence electrons. The molecule has 0 heterocycles. The molecule has 1 atom stereocenters. The van der Waals surface area contributed by atoms with E-state index in [1.807, 2.05) is 13.8 Å². The normalized spacial score (nSPS) is 13.1. The molecule has 1 unspecified atom stereocenters. The number of nitrogens with one attached hydrogen (secondary N) is 1. The molecule has 1 N–H and O–H groups in total. The molecular formula is C8H17NO2S. The van der Waals surface area contributed by atoms with Crippen LogP contribution in [-0.4, -0.2) is 30.4 Å². The molecule has 0 aliphatic rings. The van der Waals surface area contributed by atoms with Gasteiger partial charge in [-0.1, -0.05) is 0 Å². The van der Waals surface area contributed by atoms with Crippen LogP contribution < -0.4 is 5.32 Å². The number of ether oxygens (including phenoxy) is 1. The lowest BCUT2D eigenvalue weighted by molar-refractivity contribution is -0.120. The summed E-state index contributed by atoms with van der Waals surface area (Å²) in [5.74, 6) is -0.0503. The molecule has 0 rings (SSSR count). The standard InChI is InChI=1S/C8H17NO2S/c1-6(2)11-5-4-9-8(10)7(3)12/h6-7,12H,4-5H2,1-3H3,(H,9,10). The summed E-state index contributed by atoms with van der Waals surface area (Å²) in [6.07, 6.45) is 0.218. The van der Waals surface area contributed by atoms with Crippen molar-refractivity contribution in [1.29, 1.82) is 0 Å². The maximum absolute atomic E-state index is 10.9. The fourth-order valence-corrected chi connectivity index (χ4v) is 0.708. The molecule has 0 aliphatic carbocycles. The van der Waals surface area contributed by atoms with E-state index in [0.717, 1.165) is 0 Å². The third-order valence-corrected chi connectivity index (χ3v) is 1.47. The van der Waals surface area contributed by atoms with Crippen LogP contribution in [0.1, 0.15) is 20.8 Å². The highest BCUT2D eigenvalue weighted by Crippen LogP contribution is 1.91. The summed E-state index contributed by atoms with van der Waals surface area (Å²) in [7, 11) is 0. The SMILES string of the molecule is CC(C)OCCNC(=O)C(C)S. The van der Waals surface area contributed by atoms with Crippen LogP contribution in [0, 0.1) is 0 Å². The van der Waals surface area contributed by atoms with Crippen molar-refractivity contribution >= 4 is 18.5 Å². The first-order valence-electron chi connectivity index (χ1n) is 4.11. The Balaban J connectivity index is 3.26. The van der Waals surface area contributed by atoms with Crippen LogP contribution in [0.15, 0.2) is 0 Å². The molecule has 0 spiro atoms. The summed E-state index contributed by atoms with van der Waals surface area (Å²) in [6, 6.07) is 0. The van der Waals surface area contributed by atoms with Gasteiger partial charge in [-0.05, 0) is 20.8 Å². The molecule has 0 saturated carbocycles. The zero-order valence-electron chi connectivity index (χ0n) is 7.83. The van der Waals surface area contributed by atoms with E-state index in [4.69, 9.17) is 4.74 Å². The van der Waals surface area contributed by atoms with Gasteiger partial charge in [0.05, 0.1) is 18.0 Å². The number of carbonyl (C=O) groups is 1. The Morgan fingerprint density at radius 2 is 2.08 bits per heavy atom. The van der Waals surface area contributed by atoms with Gasteiger partial charge >= 0.3 is 0 Å². The van der Waals surface area contributed by atoms with Crippen LogP contribution in [0.3, 0.4) is 0 Å². The third kappa shape index (κ3) is 6.49. The second kappa shape index (κ2) is 6.31. The molecule has 0 aliphatic heterocycles. The van der Waals surface area contributed by atoms with E-state index in [9.17, 15) is 4.79 Å². The number of amides is 1. The van der Waals surface area contributed by atoms with Crippen LogP contribution >= 0.6 is 12.6 Å². The molecule has 0 aromatic rings. The van der Waals surface area contributed by atoms with Crippen molar-refractivity contribution in [2.24, 2.45) is 0 Å². The highest BCUT2D eigenvalue weighted by Gasteiger charge is 2.05. The lowest BCUT2D eigenvalue weighted by Crippen LogP contribution is -2.32. The van der Waals surface area contributed by atoms with E-state index in [0.29, 0.717) is 13.2 Å². The Bertz CT molecular complexity index is 137. The summed E-state index contributed by atoms with van der Waals surface area (Å²) in [4.78, 5) is 10.9. The Labute approximate surface area is 79.3 Å². The minimum atomic E-state index is -0.246. The monoisotopic (exact) mass is 191 g/mol. The molecule has 0 aromatic carbocycles. The van der Waals surface area contributed by atoms with Crippen molar-refractivity contribution in [3.05, 3.63) is 0 Å². The summed E-state index contributed by atoms with van der Waals surface area (Å²) >= 11 is 3.98. The van der Waals surface area contributed by atoms with Gasteiger partial charge in [0.2, 0.25) is 5.91 Å². The molecule has 3 nitrogen and oxygen atoms in total. The minimum Gasteiger partial charge on any atom is -0.377 e. The molecule has 0 radical (unpaired) electrons. The molecule has 1 amide bonds. The fourth-order valence-electron chi connectivity index (χ4n) is 0.617. The lowest BCUT2D eigenvalue weighted by atomic mass is 10.4. The Morgan fingerprint density at radius 3 is 2.50 bits per heavy atom. The number of thiol groups is 1. The van der Waals surface area contributed by atoms with Gasteiger partial charge in [-0.25, -0.2) is 0 Å². The molecule has 12 heavy (non-hydrogen) atoms. The summed E-state index contributed by atoms with van der Waals surface area (Å²) < 4.78 is 5.23. The fraction of sp³-hybridized carbons (Fsp3) is 0.875. The number of rotatable bonds is 5. The van der Waals surface area contributed by atoms with Crippen molar-refractivity contribution in [2.75, 3.05) is 13.2 Å². The van der Waals surface area contributed by atoms with Gasteiger partial charge in [-0.2, -0.15) is 12.6 Å². The maximum Gasteiger partial charge on any atom is 0.232 e. The lowest BCUT2D eigenvalue weighted by Gasteiger charge is -2.09. The average Bonchev–Trinajstić information content (AvgIpc) is 1.97. The van der Waals surface area contributed by atoms with Crippen molar-refractivity contribution < 1.29 is 9.53 Å². The first kappa shape index (κ1) is 11.8. The predicted molar refractivity (Wildman–Crippen MR) is 52.5 cm³/mol. The quantitative estimate of drug-likeness (QED) is 0.499. The summed E-state index contributed by atoms with van der Waals surface area (Å²) in [5, 5.41) is 2.45. The predicted octanol–water partition coefficient (Wildman–Crippen LogP) is 0.846. The summed E-state index contributed by atoms with van der Waals surface area (Å²) in [5.41, 5.74) is 0. The van der Waals surface area contributed by atoms with Crippen molar-refractivity contribution in [1.82, 2.24) is 5.32 Å². The van der Waals surface area contributed by atoms with Crippen LogP contribution in [0.2, 0.25) is 0 Å². The Morgan fingerprint density at radius 1 is 1.50 bits per heavy atom. The van der Waals surface area contributed by atoms with Crippen LogP contribution in [0.5, 0.6) is 0 Å². The van der Waals surface area contributed by atoms with Gasteiger partial charge in [0.1, 0.15) is 0 Å². The first-order chi connectivity index (χ1) is 5.54. The van der Waals surface area contributed by atoms with Gasteiger partial charge in [0, 0.05) is 6.54 Å². The summed E-state index contributed by atoms with van der Waals surface area (Å²) in [6.45, 7) is 6.78. The minimum absolute atomic E-state index is 0.0503. The van der Waals surface area contributed by atoms with E-state index < -0.39 is 0 Å². The van der Waals surface area contributed by atoms with Crippen molar-refractivity contribution in [2.45, 2.75) is 32.1 Å². The highest BCUT2D eigenvalue weighted by atomic mass is 32.1. The second-order valence-electron chi connectivity index (χ2n) is 2.89. The highest BCUT2D eigenvalue weighted by molar-refractivity contribution is 7.81. The zero-order valence-corrected chi connectivity index (χ0v) is 8.73. The van der Waals surface area contributed by atoms with Gasteiger partial charge in [0.15, 0.2) is 0 Å². The third-order valence-electron chi connectivity index (χ3n) is 1.23. The smallest absolute Gasteiger partial charge is 0.232 e. The average molecular weight is 191 g/mol. The van der Waals surface area contributed by atoms with Crippen LogP contribution in [0.25, 0.3) is 0 Å². The molecule has 0 fully saturated rings. The van der Waals surface area contributed by atoms with E-state index in [1.165, 1.54) is 0 Å². The maximum atomic E-state index is 10.9. The number of hydrogen-bond donors (Lipinski definition) is 2. The van der Waals surface area contributed by atoms with E-state index in [2.05, 4.69) is 17.9 Å². The van der Waals surface area contributed by atoms with Gasteiger partial charge < -0.3 is 10.1 Å². The van der Waals surface area contributed by atoms with Gasteiger partial charge in [0.25, 0.3) is 0 Å². The van der Waals surface area contributed by atoms with Crippen molar-refractivity contribution in [3.63, 3.8) is 0 Å². The molecule has 0 aromatic heterocycles. The largest absolute Gasteiger partial charge is 0.377 e. The molecule has 4 heteroatoms. The van der Waals surface area contributed by atoms with Crippen LogP contribution in [0.4, 0.5) is 0 Å². The van der Waals surface area contributed by atoms with E-state index in [1.54, 1.807) is 6.92 Å². The van der Waals surface area contributed by atoms with E-state index in [-0.39, 0.29) is 17.3 Å². The molecule has 0 bridgehead atoms. The Hall–Kier alpha value is -0.220. The Kier molecular flexibility index (Phi) is 6.20.